The van der Waals surface area contributed by atoms with Gasteiger partial charge in [0.05, 0.1) is 18.0 Å². The molecule has 2 aromatic carbocycles. The maximum absolute atomic E-state index is 13.6. The number of halogens is 2. The van der Waals surface area contributed by atoms with Gasteiger partial charge in [0, 0.05) is 0 Å². The van der Waals surface area contributed by atoms with Crippen LogP contribution in [0.4, 0.5) is 25.0 Å². The number of benzene rings is 2. The van der Waals surface area contributed by atoms with Crippen molar-refractivity contribution in [3.8, 4) is 0 Å². The highest BCUT2D eigenvalue weighted by Crippen LogP contribution is 2.28. The third kappa shape index (κ3) is 4.56. The van der Waals surface area contributed by atoms with Crippen LogP contribution in [0.3, 0.4) is 0 Å². The molecule has 1 amide bonds. The molecule has 2 aromatic rings. The van der Waals surface area contributed by atoms with Gasteiger partial charge in [0.2, 0.25) is 0 Å². The van der Waals surface area contributed by atoms with Crippen molar-refractivity contribution in [3.63, 3.8) is 0 Å². The standard InChI is InChI=1S/C20H21F2NO2/c21-16-9-11-18(12-10-16)23(19-8-4-7-17(22)13-19)20(24)25-14-15-5-2-1-3-6-15/h4,7-13,15H,1-3,5-6,14H2. The second-order valence-electron chi connectivity index (χ2n) is 6.37. The third-order valence-electron chi connectivity index (χ3n) is 4.50. The molecule has 1 aliphatic carbocycles. The van der Waals surface area contributed by atoms with E-state index in [0.29, 0.717) is 23.9 Å². The van der Waals surface area contributed by atoms with Crippen molar-refractivity contribution in [2.75, 3.05) is 11.5 Å². The summed E-state index contributed by atoms with van der Waals surface area (Å²) in [7, 11) is 0. The van der Waals surface area contributed by atoms with Gasteiger partial charge < -0.3 is 4.74 Å². The first-order valence-electron chi connectivity index (χ1n) is 8.61. The Labute approximate surface area is 146 Å². The summed E-state index contributed by atoms with van der Waals surface area (Å²) in [5.41, 5.74) is 0.779. The predicted octanol–water partition coefficient (Wildman–Crippen LogP) is 5.82. The van der Waals surface area contributed by atoms with E-state index in [2.05, 4.69) is 0 Å². The van der Waals surface area contributed by atoms with Crippen LogP contribution in [-0.4, -0.2) is 12.7 Å². The molecule has 5 heteroatoms. The lowest BCUT2D eigenvalue weighted by Crippen LogP contribution is -2.29. The summed E-state index contributed by atoms with van der Waals surface area (Å²) < 4.78 is 32.3. The number of anilines is 2. The number of hydrogen-bond donors (Lipinski definition) is 0. The van der Waals surface area contributed by atoms with Crippen molar-refractivity contribution in [1.29, 1.82) is 0 Å². The molecular formula is C20H21F2NO2. The van der Waals surface area contributed by atoms with Gasteiger partial charge in [-0.15, -0.1) is 0 Å². The van der Waals surface area contributed by atoms with Crippen LogP contribution in [0.2, 0.25) is 0 Å². The molecular weight excluding hydrogens is 324 g/mol. The summed E-state index contributed by atoms with van der Waals surface area (Å²) in [5.74, 6) is -0.483. The summed E-state index contributed by atoms with van der Waals surface area (Å²) in [6.45, 7) is 0.353. The van der Waals surface area contributed by atoms with E-state index in [1.807, 2.05) is 0 Å². The molecule has 0 bridgehead atoms. The van der Waals surface area contributed by atoms with Gasteiger partial charge in [0.25, 0.3) is 0 Å². The molecule has 1 saturated carbocycles. The molecule has 1 fully saturated rings. The Morgan fingerprint density at radius 1 is 0.960 bits per heavy atom. The maximum Gasteiger partial charge on any atom is 0.418 e. The molecule has 3 nitrogen and oxygen atoms in total. The second kappa shape index (κ2) is 8.10. The van der Waals surface area contributed by atoms with Crippen molar-refractivity contribution in [2.24, 2.45) is 5.92 Å². The zero-order chi connectivity index (χ0) is 17.6. The Bertz CT molecular complexity index is 712. The molecule has 0 saturated heterocycles. The second-order valence-corrected chi connectivity index (χ2v) is 6.37. The summed E-state index contributed by atoms with van der Waals surface area (Å²) >= 11 is 0. The topological polar surface area (TPSA) is 29.5 Å². The fourth-order valence-corrected chi connectivity index (χ4v) is 3.17. The molecule has 0 spiro atoms. The number of rotatable bonds is 4. The van der Waals surface area contributed by atoms with Gasteiger partial charge in [0.15, 0.2) is 0 Å². The first-order chi connectivity index (χ1) is 12.1. The Kier molecular flexibility index (Phi) is 5.64. The SMILES string of the molecule is O=C(OCC1CCCCC1)N(c1ccc(F)cc1)c1cccc(F)c1. The molecule has 0 atom stereocenters. The van der Waals surface area contributed by atoms with Crippen LogP contribution in [0, 0.1) is 17.6 Å². The fourth-order valence-electron chi connectivity index (χ4n) is 3.17. The third-order valence-corrected chi connectivity index (χ3v) is 4.50. The maximum atomic E-state index is 13.6. The largest absolute Gasteiger partial charge is 0.449 e. The van der Waals surface area contributed by atoms with Crippen molar-refractivity contribution in [2.45, 2.75) is 32.1 Å². The summed E-state index contributed by atoms with van der Waals surface area (Å²) in [6.07, 6.45) is 5.09. The number of carbonyl (C=O) groups is 1. The Balaban J connectivity index is 1.80. The number of hydrogen-bond acceptors (Lipinski definition) is 2. The Morgan fingerprint density at radius 3 is 2.36 bits per heavy atom. The van der Waals surface area contributed by atoms with E-state index in [0.717, 1.165) is 25.7 Å². The van der Waals surface area contributed by atoms with Gasteiger partial charge in [-0.2, -0.15) is 0 Å². The van der Waals surface area contributed by atoms with E-state index in [1.54, 1.807) is 6.07 Å². The summed E-state index contributed by atoms with van der Waals surface area (Å²) in [6, 6.07) is 11.2. The van der Waals surface area contributed by atoms with Gasteiger partial charge in [-0.3, -0.25) is 0 Å². The number of amides is 1. The smallest absolute Gasteiger partial charge is 0.418 e. The van der Waals surface area contributed by atoms with Gasteiger partial charge in [-0.25, -0.2) is 18.5 Å². The predicted molar refractivity (Wildman–Crippen MR) is 92.9 cm³/mol. The molecule has 0 heterocycles. The molecule has 132 valence electrons. The average Bonchev–Trinajstić information content (AvgIpc) is 2.63. The highest BCUT2D eigenvalue weighted by Gasteiger charge is 2.22. The van der Waals surface area contributed by atoms with Crippen molar-refractivity contribution >= 4 is 17.5 Å². The number of nitrogens with zero attached hydrogens (tertiary/aromatic N) is 1. The van der Waals surface area contributed by atoms with Crippen LogP contribution < -0.4 is 4.90 Å². The van der Waals surface area contributed by atoms with Crippen molar-refractivity contribution in [1.82, 2.24) is 0 Å². The summed E-state index contributed by atoms with van der Waals surface area (Å²) in [5, 5.41) is 0. The van der Waals surface area contributed by atoms with E-state index in [-0.39, 0.29) is 0 Å². The minimum Gasteiger partial charge on any atom is -0.449 e. The van der Waals surface area contributed by atoms with E-state index in [1.165, 1.54) is 53.8 Å². The van der Waals surface area contributed by atoms with E-state index < -0.39 is 17.7 Å². The molecule has 1 aliphatic rings. The van der Waals surface area contributed by atoms with E-state index >= 15 is 0 Å². The minimum atomic E-state index is -0.581. The normalized spacial score (nSPS) is 15.0. The van der Waals surface area contributed by atoms with Gasteiger partial charge >= 0.3 is 6.09 Å². The monoisotopic (exact) mass is 345 g/mol. The quantitative estimate of drug-likeness (QED) is 0.699. The number of ether oxygens (including phenoxy) is 1. The van der Waals surface area contributed by atoms with Crippen LogP contribution >= 0.6 is 0 Å². The van der Waals surface area contributed by atoms with Gasteiger partial charge in [-0.1, -0.05) is 25.3 Å². The first kappa shape index (κ1) is 17.4. The highest BCUT2D eigenvalue weighted by atomic mass is 19.1. The zero-order valence-electron chi connectivity index (χ0n) is 14.0. The average molecular weight is 345 g/mol. The van der Waals surface area contributed by atoms with Crippen LogP contribution in [0.1, 0.15) is 32.1 Å². The highest BCUT2D eigenvalue weighted by molar-refractivity contribution is 5.95. The minimum absolute atomic E-state index is 0.347. The molecule has 0 aliphatic heterocycles. The van der Waals surface area contributed by atoms with Crippen LogP contribution in [0.5, 0.6) is 0 Å². The van der Waals surface area contributed by atoms with Crippen LogP contribution in [0.15, 0.2) is 48.5 Å². The summed E-state index contributed by atoms with van der Waals surface area (Å²) in [4.78, 5) is 13.9. The van der Waals surface area contributed by atoms with E-state index in [4.69, 9.17) is 4.74 Å². The van der Waals surface area contributed by atoms with Gasteiger partial charge in [0.1, 0.15) is 11.6 Å². The lowest BCUT2D eigenvalue weighted by atomic mass is 9.90. The van der Waals surface area contributed by atoms with Crippen molar-refractivity contribution in [3.05, 3.63) is 60.2 Å². The molecule has 25 heavy (non-hydrogen) atoms. The van der Waals surface area contributed by atoms with Crippen LogP contribution in [0.25, 0.3) is 0 Å². The van der Waals surface area contributed by atoms with Gasteiger partial charge in [-0.05, 0) is 61.2 Å². The molecule has 0 unspecified atom stereocenters. The molecule has 0 aromatic heterocycles. The van der Waals surface area contributed by atoms with Crippen molar-refractivity contribution < 1.29 is 18.3 Å². The lowest BCUT2D eigenvalue weighted by Gasteiger charge is -2.25. The van der Waals surface area contributed by atoms with E-state index in [9.17, 15) is 13.6 Å². The van der Waals surface area contributed by atoms with Crippen LogP contribution in [-0.2, 0) is 4.74 Å². The fraction of sp³-hybridized carbons (Fsp3) is 0.350. The zero-order valence-corrected chi connectivity index (χ0v) is 14.0. The number of carbonyl (C=O) groups excluding carboxylic acids is 1. The molecule has 3 rings (SSSR count). The lowest BCUT2D eigenvalue weighted by molar-refractivity contribution is 0.124. The Hall–Kier alpha value is -2.43. The molecule has 0 radical (unpaired) electrons. The first-order valence-corrected chi connectivity index (χ1v) is 8.61. The Morgan fingerprint density at radius 2 is 1.68 bits per heavy atom. The molecule has 0 N–H and O–H groups in total.